The van der Waals surface area contributed by atoms with Crippen LogP contribution in [-0.4, -0.2) is 26.0 Å². The van der Waals surface area contributed by atoms with Gasteiger partial charge in [-0.15, -0.1) is 0 Å². The van der Waals surface area contributed by atoms with E-state index in [9.17, 15) is 0 Å². The molecule has 0 unspecified atom stereocenters. The molecule has 0 radical (unpaired) electrons. The van der Waals surface area contributed by atoms with Crippen LogP contribution in [0.25, 0.3) is 0 Å². The van der Waals surface area contributed by atoms with Crippen LogP contribution in [0.15, 0.2) is 0 Å². The third-order valence-electron chi connectivity index (χ3n) is 0.765. The van der Waals surface area contributed by atoms with Crippen LogP contribution >= 0.6 is 0 Å². The maximum absolute atomic E-state index is 7.44. The highest BCUT2D eigenvalue weighted by Crippen LogP contribution is 1.70. The summed E-state index contributed by atoms with van der Waals surface area (Å²) in [7, 11) is 0. The topological polar surface area (TPSA) is 24.1 Å². The largest absolute Gasteiger partial charge is 0.317 e. The molecule has 0 aliphatic rings. The van der Waals surface area contributed by atoms with Gasteiger partial charge in [-0.2, -0.15) is 0 Å². The van der Waals surface area contributed by atoms with Crippen molar-refractivity contribution in [2.24, 2.45) is 0 Å². The second-order valence-corrected chi connectivity index (χ2v) is 1.48. The molecule has 0 aromatic heterocycles. The fourth-order valence-corrected chi connectivity index (χ4v) is 0.401. The lowest BCUT2D eigenvalue weighted by Gasteiger charge is -2.00. The first kappa shape index (κ1) is 2.89. The standard InChI is InChI=1S/C7H18N2/c1-3-8-6-5-7-9-4-2/h8-9H,3-7H2,1-2H3/i3D2,4D2,6D2. The van der Waals surface area contributed by atoms with Crippen LogP contribution in [0, 0.1) is 0 Å². The van der Waals surface area contributed by atoms with Gasteiger partial charge in [-0.05, 0) is 32.5 Å². The average Bonchev–Trinajstić information content (AvgIpc) is 1.75. The Hall–Kier alpha value is -0.0800. The van der Waals surface area contributed by atoms with Crippen LogP contribution in [0.4, 0.5) is 0 Å². The monoisotopic (exact) mass is 136 g/mol. The summed E-state index contributed by atoms with van der Waals surface area (Å²) in [5.41, 5.74) is 0. The zero-order valence-corrected chi connectivity index (χ0v) is 5.91. The molecule has 2 heteroatoms. The molecule has 0 saturated heterocycles. The molecule has 0 aromatic carbocycles. The van der Waals surface area contributed by atoms with E-state index in [1.165, 1.54) is 13.8 Å². The molecule has 2 N–H and O–H groups in total. The molecule has 0 aliphatic heterocycles. The van der Waals surface area contributed by atoms with E-state index in [0.29, 0.717) is 0 Å². The summed E-state index contributed by atoms with van der Waals surface area (Å²) in [5.74, 6) is 0. The SMILES string of the molecule is [2H]C([2H])(C)NCCC([2H])([2H])NC([2H])([2H])C. The van der Waals surface area contributed by atoms with Gasteiger partial charge in [0.15, 0.2) is 0 Å². The predicted molar refractivity (Wildman–Crippen MR) is 41.7 cm³/mol. The first-order chi connectivity index (χ1) is 6.41. The van der Waals surface area contributed by atoms with Crippen molar-refractivity contribution in [1.29, 1.82) is 0 Å². The predicted octanol–water partition coefficient (Wildman–Crippen LogP) is 0.596. The minimum Gasteiger partial charge on any atom is -0.317 e. The summed E-state index contributed by atoms with van der Waals surface area (Å²) in [6.45, 7) is -2.46. The van der Waals surface area contributed by atoms with E-state index in [2.05, 4.69) is 10.6 Å². The van der Waals surface area contributed by atoms with Crippen LogP contribution in [0.3, 0.4) is 0 Å². The summed E-state index contributed by atoms with van der Waals surface area (Å²) >= 11 is 0. The quantitative estimate of drug-likeness (QED) is 0.558. The van der Waals surface area contributed by atoms with Crippen LogP contribution in [0.1, 0.15) is 28.5 Å². The van der Waals surface area contributed by atoms with Gasteiger partial charge in [0.2, 0.25) is 0 Å². The lowest BCUT2D eigenvalue weighted by molar-refractivity contribution is 0.619. The molecule has 0 aliphatic carbocycles. The minimum absolute atomic E-state index is 0.00625. The van der Waals surface area contributed by atoms with Crippen molar-refractivity contribution in [3.05, 3.63) is 0 Å². The Bertz CT molecular complexity index is 195. The van der Waals surface area contributed by atoms with Crippen molar-refractivity contribution in [3.63, 3.8) is 0 Å². The van der Waals surface area contributed by atoms with E-state index in [0.717, 1.165) is 0 Å². The number of hydrogen-bond acceptors (Lipinski definition) is 2. The minimum atomic E-state index is -1.85. The smallest absolute Gasteiger partial charge is 0.0428 e. The summed E-state index contributed by atoms with van der Waals surface area (Å²) in [5, 5.41) is 4.68. The molecule has 0 rings (SSSR count). The van der Waals surface area contributed by atoms with Crippen molar-refractivity contribution in [2.75, 3.05) is 26.0 Å². The second kappa shape index (κ2) is 7.92. The Morgan fingerprint density at radius 2 is 1.89 bits per heavy atom. The molecule has 0 heterocycles. The summed E-state index contributed by atoms with van der Waals surface area (Å²) in [4.78, 5) is 0. The Morgan fingerprint density at radius 3 is 2.44 bits per heavy atom. The molecular formula is C7H18N2. The Labute approximate surface area is 66.5 Å². The van der Waals surface area contributed by atoms with Gasteiger partial charge in [-0.25, -0.2) is 0 Å². The maximum atomic E-state index is 7.44. The molecule has 2 nitrogen and oxygen atoms in total. The van der Waals surface area contributed by atoms with Crippen molar-refractivity contribution < 1.29 is 8.22 Å². The van der Waals surface area contributed by atoms with E-state index in [1.807, 2.05) is 0 Å². The van der Waals surface area contributed by atoms with Crippen molar-refractivity contribution >= 4 is 0 Å². The van der Waals surface area contributed by atoms with Gasteiger partial charge in [0.1, 0.15) is 0 Å². The van der Waals surface area contributed by atoms with Gasteiger partial charge in [0.05, 0.1) is 0 Å². The van der Waals surface area contributed by atoms with Crippen LogP contribution in [0.5, 0.6) is 0 Å². The van der Waals surface area contributed by atoms with E-state index in [-0.39, 0.29) is 13.0 Å². The number of hydrogen-bond donors (Lipinski definition) is 2. The summed E-state index contributed by atoms with van der Waals surface area (Å²) in [6.07, 6.45) is -0.00625. The molecule has 0 fully saturated rings. The second-order valence-electron chi connectivity index (χ2n) is 1.48. The number of nitrogens with one attached hydrogen (secondary N) is 2. The first-order valence-electron chi connectivity index (χ1n) is 5.96. The highest BCUT2D eigenvalue weighted by atomic mass is 14.9. The van der Waals surface area contributed by atoms with Crippen molar-refractivity contribution in [3.8, 4) is 0 Å². The van der Waals surface area contributed by atoms with Crippen molar-refractivity contribution in [2.45, 2.75) is 20.3 Å². The molecule has 0 saturated carbocycles. The van der Waals surface area contributed by atoms with Crippen LogP contribution in [-0.2, 0) is 0 Å². The van der Waals surface area contributed by atoms with Gasteiger partial charge in [-0.3, -0.25) is 0 Å². The molecule has 56 valence electrons. The highest BCUT2D eigenvalue weighted by Gasteiger charge is 1.82. The third kappa shape index (κ3) is 7.92. The summed E-state index contributed by atoms with van der Waals surface area (Å²) < 4.78 is 43.5. The Balaban J connectivity index is 3.95. The molecule has 0 bridgehead atoms. The third-order valence-corrected chi connectivity index (χ3v) is 0.765. The maximum Gasteiger partial charge on any atom is 0.0428 e. The molecule has 0 aromatic rings. The van der Waals surface area contributed by atoms with Crippen LogP contribution in [0.2, 0.25) is 0 Å². The normalized spacial score (nSPS) is 24.7. The number of rotatable bonds is 6. The van der Waals surface area contributed by atoms with E-state index in [4.69, 9.17) is 8.22 Å². The van der Waals surface area contributed by atoms with E-state index in [1.54, 1.807) is 0 Å². The van der Waals surface area contributed by atoms with E-state index < -0.39 is 19.5 Å². The van der Waals surface area contributed by atoms with Crippen molar-refractivity contribution in [1.82, 2.24) is 10.6 Å². The summed E-state index contributed by atoms with van der Waals surface area (Å²) in [6, 6.07) is 0. The zero-order valence-electron chi connectivity index (χ0n) is 11.9. The highest BCUT2D eigenvalue weighted by molar-refractivity contribution is 4.47. The Morgan fingerprint density at radius 1 is 1.22 bits per heavy atom. The molecular weight excluding hydrogens is 112 g/mol. The van der Waals surface area contributed by atoms with Gasteiger partial charge in [-0.1, -0.05) is 13.8 Å². The fourth-order valence-electron chi connectivity index (χ4n) is 0.401. The lowest BCUT2D eigenvalue weighted by Crippen LogP contribution is -2.21. The molecule has 0 atom stereocenters. The van der Waals surface area contributed by atoms with Gasteiger partial charge >= 0.3 is 0 Å². The van der Waals surface area contributed by atoms with E-state index >= 15 is 0 Å². The molecule has 0 spiro atoms. The van der Waals surface area contributed by atoms with Crippen LogP contribution < -0.4 is 10.6 Å². The first-order valence-corrected chi connectivity index (χ1v) is 2.96. The van der Waals surface area contributed by atoms with Gasteiger partial charge in [0.25, 0.3) is 0 Å². The Kier molecular flexibility index (Phi) is 2.54. The molecule has 9 heavy (non-hydrogen) atoms. The average molecular weight is 136 g/mol. The molecule has 0 amide bonds. The fraction of sp³-hybridized carbons (Fsp3) is 1.00. The van der Waals surface area contributed by atoms with Gasteiger partial charge in [0, 0.05) is 8.22 Å². The zero-order chi connectivity index (χ0) is 12.3. The van der Waals surface area contributed by atoms with Gasteiger partial charge < -0.3 is 10.6 Å². The lowest BCUT2D eigenvalue weighted by atomic mass is 10.4.